The zero-order valence-electron chi connectivity index (χ0n) is 11.0. The molecule has 1 aliphatic heterocycles. The minimum Gasteiger partial charge on any atom is -0.467 e. The van der Waals surface area contributed by atoms with Gasteiger partial charge in [0.25, 0.3) is 0 Å². The second-order valence-corrected chi connectivity index (χ2v) is 5.31. The maximum atomic E-state index is 13.6. The van der Waals surface area contributed by atoms with Crippen LogP contribution in [0.15, 0.2) is 17.3 Å². The van der Waals surface area contributed by atoms with E-state index in [-0.39, 0.29) is 12.6 Å². The van der Waals surface area contributed by atoms with Crippen LogP contribution in [0.2, 0.25) is 0 Å². The van der Waals surface area contributed by atoms with Gasteiger partial charge in [0, 0.05) is 23.3 Å². The Balaban J connectivity index is 1.78. The minimum absolute atomic E-state index is 0.205. The van der Waals surface area contributed by atoms with Gasteiger partial charge in [-0.25, -0.2) is 9.37 Å². The summed E-state index contributed by atoms with van der Waals surface area (Å²) in [5, 5.41) is 7.62. The van der Waals surface area contributed by atoms with Gasteiger partial charge in [-0.2, -0.15) is 0 Å². The summed E-state index contributed by atoms with van der Waals surface area (Å²) in [6.45, 7) is 2.59. The Morgan fingerprint density at radius 2 is 2.35 bits per heavy atom. The number of rotatable bonds is 4. The first-order valence-electron chi connectivity index (χ1n) is 6.32. The third-order valence-electron chi connectivity index (χ3n) is 2.95. The second-order valence-electron chi connectivity index (χ2n) is 4.37. The number of aryl methyl sites for hydroxylation is 1. The highest BCUT2D eigenvalue weighted by Gasteiger charge is 2.17. The zero-order valence-corrected chi connectivity index (χ0v) is 11.8. The van der Waals surface area contributed by atoms with Crippen LogP contribution in [0.3, 0.4) is 0 Å². The standard InChI is InChI=1S/C13H14FN3O2S/c1-2-11-15-13(17-16-11)20-6-9-4-10(14)3-8-5-18-7-19-12(8)9/h3-4H,2,5-7H2,1H3,(H,15,16,17). The van der Waals surface area contributed by atoms with Crippen molar-refractivity contribution in [2.45, 2.75) is 30.9 Å². The first-order valence-corrected chi connectivity index (χ1v) is 7.30. The average molecular weight is 295 g/mol. The average Bonchev–Trinajstić information content (AvgIpc) is 2.92. The highest BCUT2D eigenvalue weighted by atomic mass is 32.2. The molecule has 1 N–H and O–H groups in total. The van der Waals surface area contributed by atoms with Crippen LogP contribution in [0.1, 0.15) is 23.9 Å². The van der Waals surface area contributed by atoms with E-state index in [1.165, 1.54) is 23.9 Å². The van der Waals surface area contributed by atoms with Crippen molar-refractivity contribution in [2.75, 3.05) is 6.79 Å². The summed E-state index contributed by atoms with van der Waals surface area (Å²) in [4.78, 5) is 4.32. The Morgan fingerprint density at radius 3 is 3.15 bits per heavy atom. The lowest BCUT2D eigenvalue weighted by Crippen LogP contribution is -2.13. The van der Waals surface area contributed by atoms with Gasteiger partial charge in [-0.15, -0.1) is 5.10 Å². The largest absolute Gasteiger partial charge is 0.467 e. The van der Waals surface area contributed by atoms with E-state index in [0.29, 0.717) is 17.5 Å². The van der Waals surface area contributed by atoms with E-state index in [4.69, 9.17) is 9.47 Å². The molecule has 0 aliphatic carbocycles. The molecule has 1 aromatic carbocycles. The number of H-pyrrole nitrogens is 1. The number of benzene rings is 1. The van der Waals surface area contributed by atoms with E-state index in [0.717, 1.165) is 29.1 Å². The van der Waals surface area contributed by atoms with Crippen LogP contribution in [0.4, 0.5) is 4.39 Å². The Kier molecular flexibility index (Phi) is 3.88. The smallest absolute Gasteiger partial charge is 0.208 e. The van der Waals surface area contributed by atoms with Crippen LogP contribution in [-0.2, 0) is 23.5 Å². The molecule has 0 amide bonds. The molecule has 7 heteroatoms. The Hall–Kier alpha value is -1.60. The molecule has 2 aromatic rings. The molecule has 0 saturated carbocycles. The van der Waals surface area contributed by atoms with Gasteiger partial charge in [0.15, 0.2) is 6.79 Å². The van der Waals surface area contributed by atoms with E-state index in [2.05, 4.69) is 15.2 Å². The normalized spacial score (nSPS) is 13.9. The number of nitrogens with one attached hydrogen (secondary N) is 1. The summed E-state index contributed by atoms with van der Waals surface area (Å²) in [6, 6.07) is 2.94. The number of fused-ring (bicyclic) bond motifs is 1. The molecule has 1 aromatic heterocycles. The molecule has 0 unspecified atom stereocenters. The molecule has 0 atom stereocenters. The molecule has 1 aliphatic rings. The number of aromatic nitrogens is 3. The maximum absolute atomic E-state index is 13.6. The van der Waals surface area contributed by atoms with Gasteiger partial charge in [-0.1, -0.05) is 18.7 Å². The van der Waals surface area contributed by atoms with Crippen molar-refractivity contribution in [1.29, 1.82) is 0 Å². The lowest BCUT2D eigenvalue weighted by atomic mass is 10.1. The summed E-state index contributed by atoms with van der Waals surface area (Å²) in [5.41, 5.74) is 1.55. The van der Waals surface area contributed by atoms with Crippen LogP contribution in [0.5, 0.6) is 5.75 Å². The molecule has 0 fully saturated rings. The fourth-order valence-electron chi connectivity index (χ4n) is 2.01. The van der Waals surface area contributed by atoms with Crippen LogP contribution >= 0.6 is 11.8 Å². The third-order valence-corrected chi connectivity index (χ3v) is 3.85. The number of aromatic amines is 1. The fraction of sp³-hybridized carbons (Fsp3) is 0.385. The maximum Gasteiger partial charge on any atom is 0.208 e. The summed E-state index contributed by atoms with van der Waals surface area (Å²) < 4.78 is 24.2. The predicted octanol–water partition coefficient (Wildman–Crippen LogP) is 2.67. The van der Waals surface area contributed by atoms with E-state index in [1.807, 2.05) is 6.92 Å². The summed E-state index contributed by atoms with van der Waals surface area (Å²) in [7, 11) is 0. The molecule has 3 rings (SSSR count). The van der Waals surface area contributed by atoms with Gasteiger partial charge >= 0.3 is 0 Å². The number of thioether (sulfide) groups is 1. The van der Waals surface area contributed by atoms with Crippen molar-refractivity contribution < 1.29 is 13.9 Å². The molecular formula is C13H14FN3O2S. The van der Waals surface area contributed by atoms with Crippen molar-refractivity contribution in [3.05, 3.63) is 34.9 Å². The van der Waals surface area contributed by atoms with Crippen LogP contribution < -0.4 is 4.74 Å². The van der Waals surface area contributed by atoms with E-state index in [1.54, 1.807) is 0 Å². The second kappa shape index (κ2) is 5.80. The van der Waals surface area contributed by atoms with Gasteiger partial charge in [-0.05, 0) is 12.1 Å². The molecule has 5 nitrogen and oxygen atoms in total. The molecule has 0 spiro atoms. The predicted molar refractivity (Wildman–Crippen MR) is 72.0 cm³/mol. The number of ether oxygens (including phenoxy) is 2. The lowest BCUT2D eigenvalue weighted by Gasteiger charge is -2.20. The van der Waals surface area contributed by atoms with E-state index in [9.17, 15) is 4.39 Å². The Labute approximate surface area is 119 Å². The molecular weight excluding hydrogens is 281 g/mol. The van der Waals surface area contributed by atoms with Gasteiger partial charge < -0.3 is 9.47 Å². The van der Waals surface area contributed by atoms with Gasteiger partial charge in [-0.3, -0.25) is 5.10 Å². The quantitative estimate of drug-likeness (QED) is 0.879. The summed E-state index contributed by atoms with van der Waals surface area (Å²) >= 11 is 1.45. The summed E-state index contributed by atoms with van der Waals surface area (Å²) in [5.74, 6) is 1.84. The Bertz CT molecular complexity index is 618. The highest BCUT2D eigenvalue weighted by molar-refractivity contribution is 7.98. The van der Waals surface area contributed by atoms with Gasteiger partial charge in [0.2, 0.25) is 5.16 Å². The minimum atomic E-state index is -0.280. The first-order chi connectivity index (χ1) is 9.76. The van der Waals surface area contributed by atoms with Gasteiger partial charge in [0.05, 0.1) is 6.61 Å². The third kappa shape index (κ3) is 2.78. The van der Waals surface area contributed by atoms with E-state index < -0.39 is 0 Å². The number of nitrogens with zero attached hydrogens (tertiary/aromatic N) is 2. The molecule has 0 radical (unpaired) electrons. The number of halogens is 1. The van der Waals surface area contributed by atoms with Crippen LogP contribution in [0, 0.1) is 5.82 Å². The lowest BCUT2D eigenvalue weighted by molar-refractivity contribution is -0.0171. The van der Waals surface area contributed by atoms with E-state index >= 15 is 0 Å². The monoisotopic (exact) mass is 295 g/mol. The molecule has 106 valence electrons. The van der Waals surface area contributed by atoms with Crippen molar-refractivity contribution in [1.82, 2.24) is 15.2 Å². The topological polar surface area (TPSA) is 60.0 Å². The molecule has 0 saturated heterocycles. The number of hydrogen-bond donors (Lipinski definition) is 1. The summed E-state index contributed by atoms with van der Waals surface area (Å²) in [6.07, 6.45) is 0.809. The van der Waals surface area contributed by atoms with Crippen molar-refractivity contribution in [3.63, 3.8) is 0 Å². The van der Waals surface area contributed by atoms with Crippen molar-refractivity contribution in [3.8, 4) is 5.75 Å². The Morgan fingerprint density at radius 1 is 1.45 bits per heavy atom. The molecule has 0 bridgehead atoms. The zero-order chi connectivity index (χ0) is 13.9. The fourth-order valence-corrected chi connectivity index (χ4v) is 2.79. The molecule has 20 heavy (non-hydrogen) atoms. The highest BCUT2D eigenvalue weighted by Crippen LogP contribution is 2.33. The van der Waals surface area contributed by atoms with Gasteiger partial charge in [0.1, 0.15) is 17.4 Å². The van der Waals surface area contributed by atoms with Crippen LogP contribution in [0.25, 0.3) is 0 Å². The SMILES string of the molecule is CCc1nc(SCc2cc(F)cc3c2OCOC3)n[nH]1. The number of hydrogen-bond acceptors (Lipinski definition) is 5. The van der Waals surface area contributed by atoms with Crippen molar-refractivity contribution in [2.24, 2.45) is 0 Å². The molecule has 2 heterocycles. The van der Waals surface area contributed by atoms with Crippen LogP contribution in [-0.4, -0.2) is 22.0 Å². The first kappa shape index (κ1) is 13.4. The van der Waals surface area contributed by atoms with Crippen molar-refractivity contribution >= 4 is 11.8 Å².